The number of sulfonamides is 1. The average molecular weight is 631 g/mol. The van der Waals surface area contributed by atoms with E-state index in [0.717, 1.165) is 32.1 Å². The second kappa shape index (κ2) is 12.2. The van der Waals surface area contributed by atoms with Gasteiger partial charge in [-0.1, -0.05) is 38.0 Å². The van der Waals surface area contributed by atoms with Crippen molar-refractivity contribution in [3.05, 3.63) is 44.8 Å². The number of rotatable bonds is 9. The van der Waals surface area contributed by atoms with E-state index in [0.29, 0.717) is 25.7 Å². The number of nitrogens with one attached hydrogen (secondary N) is 1. The number of hydrogen-bond donors (Lipinski definition) is 2. The zero-order valence-electron chi connectivity index (χ0n) is 26.1. The maximum absolute atomic E-state index is 13.9. The molecule has 5 rings (SSSR count). The van der Waals surface area contributed by atoms with Crippen molar-refractivity contribution in [2.45, 2.75) is 102 Å². The Balaban J connectivity index is 1.53. The number of carbonyl (C=O) groups is 1. The molecular weight excluding hydrogens is 584 g/mol. The molecule has 3 N–H and O–H groups in total. The Kier molecular flexibility index (Phi) is 9.07. The van der Waals surface area contributed by atoms with Crippen LogP contribution in [0.1, 0.15) is 78.6 Å². The summed E-state index contributed by atoms with van der Waals surface area (Å²) < 4.78 is 35.8. The Hall–Kier alpha value is -2.73. The van der Waals surface area contributed by atoms with E-state index in [1.807, 2.05) is 0 Å². The number of nitrogens with two attached hydrogens (primary N) is 1. The van der Waals surface area contributed by atoms with Crippen molar-refractivity contribution in [1.29, 1.82) is 0 Å². The number of hydrogen-bond acceptors (Lipinski definition) is 8. The second-order valence-corrected chi connectivity index (χ2v) is 16.0. The van der Waals surface area contributed by atoms with Crippen LogP contribution >= 0.6 is 0 Å². The second-order valence-electron chi connectivity index (χ2n) is 14.3. The Morgan fingerprint density at radius 2 is 1.95 bits per heavy atom. The van der Waals surface area contributed by atoms with Crippen molar-refractivity contribution in [2.24, 2.45) is 57.2 Å². The van der Waals surface area contributed by atoms with Gasteiger partial charge in [-0.25, -0.2) is 13.1 Å². The molecule has 1 aromatic carbocycles. The topological polar surface area (TPSA) is 190 Å². The highest BCUT2D eigenvalue weighted by Gasteiger charge is 2.65. The molecule has 44 heavy (non-hydrogen) atoms. The first-order chi connectivity index (χ1) is 20.8. The van der Waals surface area contributed by atoms with Crippen molar-refractivity contribution >= 4 is 21.7 Å². The summed E-state index contributed by atoms with van der Waals surface area (Å²) in [5.74, 6) is 0.673. The normalized spacial score (nSPS) is 38.8. The lowest BCUT2D eigenvalue weighted by molar-refractivity contribution is -0.387. The molecule has 0 unspecified atom stereocenters. The standard InChI is InChI=1S/C31H46N6O6S/c1-18(9-12-28(38)43-4)21-10-11-22-29-23(17-27(32)31(21,22)3)30(2)14-13-20(34-36-33)15-19(30)16-24(29)35-44(41,42)26-8-6-5-7-25(26)37(39)40/h5-8,18-24,27,29,35H,9-17,32H2,1-4H3/t18-,19+,20-,21-,22+,23+,24-,27+,29+,30+,31-/m1/s1. The van der Waals surface area contributed by atoms with Gasteiger partial charge in [0.1, 0.15) is 0 Å². The summed E-state index contributed by atoms with van der Waals surface area (Å²) in [6, 6.07) is 4.78. The molecule has 0 bridgehead atoms. The van der Waals surface area contributed by atoms with Gasteiger partial charge >= 0.3 is 5.97 Å². The highest BCUT2D eigenvalue weighted by Crippen LogP contribution is 2.68. The van der Waals surface area contributed by atoms with Crippen molar-refractivity contribution in [1.82, 2.24) is 4.72 Å². The van der Waals surface area contributed by atoms with Gasteiger partial charge in [0.15, 0.2) is 4.90 Å². The van der Waals surface area contributed by atoms with E-state index in [4.69, 9.17) is 16.0 Å². The number of fused-ring (bicyclic) bond motifs is 5. The fourth-order valence-electron chi connectivity index (χ4n) is 10.3. The SMILES string of the molecule is COC(=O)CC[C@@H](C)[C@H]1CC[C@H]2[C@@H]3[C@H](NS(=O)(=O)c4ccccc4[N+](=O)[O-])C[C@@H]4C[C@H](N=[N+]=[N-])CC[C@]4(C)[C@H]3C[C@H](N)[C@]12C. The summed E-state index contributed by atoms with van der Waals surface area (Å²) in [7, 11) is -2.83. The van der Waals surface area contributed by atoms with Gasteiger partial charge in [0, 0.05) is 35.5 Å². The lowest BCUT2D eigenvalue weighted by atomic mass is 9.42. The van der Waals surface area contributed by atoms with E-state index < -0.39 is 26.7 Å². The number of azide groups is 1. The zero-order chi connectivity index (χ0) is 32.0. The van der Waals surface area contributed by atoms with E-state index in [2.05, 4.69) is 35.5 Å². The summed E-state index contributed by atoms with van der Waals surface area (Å²) in [6.07, 6.45) is 6.57. The van der Waals surface area contributed by atoms with Crippen molar-refractivity contribution in [3.63, 3.8) is 0 Å². The van der Waals surface area contributed by atoms with Gasteiger partial charge < -0.3 is 10.5 Å². The maximum Gasteiger partial charge on any atom is 0.305 e. The van der Waals surface area contributed by atoms with Crippen LogP contribution in [0.3, 0.4) is 0 Å². The third kappa shape index (κ3) is 5.50. The minimum atomic E-state index is -4.24. The van der Waals surface area contributed by atoms with E-state index in [1.54, 1.807) is 0 Å². The molecule has 12 nitrogen and oxygen atoms in total. The number of carbonyl (C=O) groups excluding carboxylic acids is 1. The first-order valence-electron chi connectivity index (χ1n) is 15.9. The largest absolute Gasteiger partial charge is 0.469 e. The molecule has 0 aromatic heterocycles. The number of ether oxygens (including phenoxy) is 1. The number of nitro benzene ring substituents is 1. The summed E-state index contributed by atoms with van der Waals surface area (Å²) in [5, 5.41) is 15.8. The summed E-state index contributed by atoms with van der Waals surface area (Å²) >= 11 is 0. The van der Waals surface area contributed by atoms with Crippen molar-refractivity contribution in [3.8, 4) is 0 Å². The van der Waals surface area contributed by atoms with Crippen LogP contribution < -0.4 is 10.5 Å². The van der Waals surface area contributed by atoms with E-state index in [9.17, 15) is 23.3 Å². The van der Waals surface area contributed by atoms with Crippen molar-refractivity contribution < 1.29 is 22.9 Å². The molecule has 242 valence electrons. The van der Waals surface area contributed by atoms with Crippen LogP contribution in [0.5, 0.6) is 0 Å². The Bertz CT molecular complexity index is 1430. The quantitative estimate of drug-likeness (QED) is 0.0871. The first kappa shape index (κ1) is 32.7. The minimum Gasteiger partial charge on any atom is -0.469 e. The van der Waals surface area contributed by atoms with Crippen LogP contribution in [-0.4, -0.2) is 44.5 Å². The maximum atomic E-state index is 13.9. The monoisotopic (exact) mass is 630 g/mol. The summed E-state index contributed by atoms with van der Waals surface area (Å²) in [6.45, 7) is 6.77. The molecule has 0 heterocycles. The van der Waals surface area contributed by atoms with Crippen LogP contribution in [0.4, 0.5) is 5.69 Å². The predicted octanol–water partition coefficient (Wildman–Crippen LogP) is 5.72. The highest BCUT2D eigenvalue weighted by atomic mass is 32.2. The third-order valence-corrected chi connectivity index (χ3v) is 14.1. The molecule has 0 radical (unpaired) electrons. The average Bonchev–Trinajstić information content (AvgIpc) is 3.35. The van der Waals surface area contributed by atoms with E-state index in [-0.39, 0.29) is 69.3 Å². The summed E-state index contributed by atoms with van der Waals surface area (Å²) in [5.41, 5.74) is 15.5. The molecule has 4 aliphatic rings. The van der Waals surface area contributed by atoms with Gasteiger partial charge in [0.05, 0.1) is 12.0 Å². The van der Waals surface area contributed by atoms with E-state index in [1.165, 1.54) is 31.4 Å². The van der Waals surface area contributed by atoms with E-state index >= 15 is 0 Å². The fourth-order valence-corrected chi connectivity index (χ4v) is 11.8. The lowest BCUT2D eigenvalue weighted by Crippen LogP contribution is -2.66. The van der Waals surface area contributed by atoms with Gasteiger partial charge in [-0.15, -0.1) is 0 Å². The van der Waals surface area contributed by atoms with Gasteiger partial charge in [-0.3, -0.25) is 14.9 Å². The molecule has 4 aliphatic carbocycles. The third-order valence-electron chi connectivity index (χ3n) is 12.6. The molecule has 0 spiro atoms. The van der Waals surface area contributed by atoms with Crippen LogP contribution in [0.2, 0.25) is 0 Å². The molecule has 0 aliphatic heterocycles. The van der Waals surface area contributed by atoms with Crippen LogP contribution in [0, 0.1) is 56.5 Å². The number of methoxy groups -OCH3 is 1. The molecular formula is C31H46N6O6S. The van der Waals surface area contributed by atoms with Gasteiger partial charge in [-0.05, 0) is 109 Å². The smallest absolute Gasteiger partial charge is 0.305 e. The summed E-state index contributed by atoms with van der Waals surface area (Å²) in [4.78, 5) is 25.8. The number of para-hydroxylation sites is 1. The molecule has 4 fully saturated rings. The zero-order valence-corrected chi connectivity index (χ0v) is 26.9. The molecule has 1 aromatic rings. The Labute approximate surface area is 259 Å². The van der Waals surface area contributed by atoms with Crippen LogP contribution in [-0.2, 0) is 19.6 Å². The fraction of sp³-hybridized carbons (Fsp3) is 0.774. The Morgan fingerprint density at radius 3 is 2.64 bits per heavy atom. The highest BCUT2D eigenvalue weighted by molar-refractivity contribution is 7.89. The molecule has 11 atom stereocenters. The molecule has 0 saturated heterocycles. The Morgan fingerprint density at radius 1 is 1.23 bits per heavy atom. The van der Waals surface area contributed by atoms with Gasteiger partial charge in [0.2, 0.25) is 10.0 Å². The van der Waals surface area contributed by atoms with Crippen LogP contribution in [0.25, 0.3) is 10.4 Å². The first-order valence-corrected chi connectivity index (χ1v) is 17.4. The molecule has 13 heteroatoms. The molecule has 0 amide bonds. The number of nitrogens with zero attached hydrogens (tertiary/aromatic N) is 4. The van der Waals surface area contributed by atoms with Gasteiger partial charge in [0.25, 0.3) is 5.69 Å². The number of benzene rings is 1. The van der Waals surface area contributed by atoms with Crippen LogP contribution in [0.15, 0.2) is 34.3 Å². The number of esters is 1. The van der Waals surface area contributed by atoms with Gasteiger partial charge in [-0.2, -0.15) is 0 Å². The molecule has 4 saturated carbocycles. The predicted molar refractivity (Wildman–Crippen MR) is 165 cm³/mol. The van der Waals surface area contributed by atoms with Crippen molar-refractivity contribution in [2.75, 3.05) is 7.11 Å². The number of nitro groups is 1. The minimum absolute atomic E-state index is 0.00702. The lowest BCUT2D eigenvalue weighted by Gasteiger charge is -2.64.